The molecule has 15 heavy (non-hydrogen) atoms. The molecular formula is C12H21N3. The molecule has 0 bridgehead atoms. The van der Waals surface area contributed by atoms with Crippen molar-refractivity contribution >= 4 is 0 Å². The Morgan fingerprint density at radius 3 is 2.87 bits per heavy atom. The summed E-state index contributed by atoms with van der Waals surface area (Å²) in [6.07, 6.45) is 6.74. The van der Waals surface area contributed by atoms with Gasteiger partial charge in [-0.15, -0.1) is 0 Å². The van der Waals surface area contributed by atoms with E-state index < -0.39 is 0 Å². The quantitative estimate of drug-likeness (QED) is 0.783. The Labute approximate surface area is 91.9 Å². The van der Waals surface area contributed by atoms with Gasteiger partial charge in [-0.3, -0.25) is 0 Å². The zero-order valence-corrected chi connectivity index (χ0v) is 9.50. The number of nitrogens with one attached hydrogen (secondary N) is 2. The minimum absolute atomic E-state index is 0.884. The third kappa shape index (κ3) is 3.36. The minimum atomic E-state index is 0.884. The van der Waals surface area contributed by atoms with E-state index in [9.17, 15) is 0 Å². The highest BCUT2D eigenvalue weighted by Crippen LogP contribution is 2.13. The lowest BCUT2D eigenvalue weighted by Gasteiger charge is -2.27. The molecule has 0 amide bonds. The average molecular weight is 207 g/mol. The first-order valence-electron chi connectivity index (χ1n) is 5.85. The molecule has 0 atom stereocenters. The standard InChI is InChI=1S/C12H21N3/c1-15(10-12-4-7-14-8-12)9-11-2-5-13-6-3-11/h4,7-8,11,13-14H,2-3,5-6,9-10H2,1H3. The number of H-pyrrole nitrogens is 1. The summed E-state index contributed by atoms with van der Waals surface area (Å²) < 4.78 is 0. The fourth-order valence-electron chi connectivity index (χ4n) is 2.34. The highest BCUT2D eigenvalue weighted by Gasteiger charge is 2.14. The molecule has 0 aliphatic carbocycles. The van der Waals surface area contributed by atoms with Crippen LogP contribution >= 0.6 is 0 Å². The Balaban J connectivity index is 1.74. The van der Waals surface area contributed by atoms with Crippen LogP contribution in [0.15, 0.2) is 18.5 Å². The van der Waals surface area contributed by atoms with Gasteiger partial charge in [0.1, 0.15) is 0 Å². The third-order valence-electron chi connectivity index (χ3n) is 3.14. The molecule has 2 N–H and O–H groups in total. The van der Waals surface area contributed by atoms with Gasteiger partial charge in [-0.2, -0.15) is 0 Å². The maximum Gasteiger partial charge on any atom is 0.0245 e. The molecule has 0 radical (unpaired) electrons. The number of hydrogen-bond donors (Lipinski definition) is 2. The van der Waals surface area contributed by atoms with Crippen LogP contribution in [0.2, 0.25) is 0 Å². The van der Waals surface area contributed by atoms with E-state index in [-0.39, 0.29) is 0 Å². The van der Waals surface area contributed by atoms with Crippen LogP contribution in [-0.2, 0) is 6.54 Å². The van der Waals surface area contributed by atoms with Crippen molar-refractivity contribution in [3.8, 4) is 0 Å². The van der Waals surface area contributed by atoms with Crippen molar-refractivity contribution < 1.29 is 0 Å². The van der Waals surface area contributed by atoms with Crippen molar-refractivity contribution in [3.63, 3.8) is 0 Å². The van der Waals surface area contributed by atoms with Crippen LogP contribution in [-0.4, -0.2) is 36.6 Å². The summed E-state index contributed by atoms with van der Waals surface area (Å²) in [7, 11) is 2.22. The van der Waals surface area contributed by atoms with Crippen molar-refractivity contribution in [1.29, 1.82) is 0 Å². The summed E-state index contributed by atoms with van der Waals surface area (Å²) in [4.78, 5) is 5.53. The second kappa shape index (κ2) is 5.33. The lowest BCUT2D eigenvalue weighted by Crippen LogP contribution is -2.34. The van der Waals surface area contributed by atoms with Crippen molar-refractivity contribution in [2.24, 2.45) is 5.92 Å². The maximum atomic E-state index is 3.41. The smallest absolute Gasteiger partial charge is 0.0245 e. The molecule has 0 spiro atoms. The van der Waals surface area contributed by atoms with Gasteiger partial charge >= 0.3 is 0 Å². The first-order chi connectivity index (χ1) is 7.34. The summed E-state index contributed by atoms with van der Waals surface area (Å²) >= 11 is 0. The predicted molar refractivity (Wildman–Crippen MR) is 62.7 cm³/mol. The maximum absolute atomic E-state index is 3.41. The Bertz CT molecular complexity index is 262. The van der Waals surface area contributed by atoms with E-state index in [1.807, 2.05) is 6.20 Å². The van der Waals surface area contributed by atoms with Gasteiger partial charge in [-0.05, 0) is 50.5 Å². The summed E-state index contributed by atoms with van der Waals surface area (Å²) in [6.45, 7) is 4.69. The molecule has 84 valence electrons. The largest absolute Gasteiger partial charge is 0.367 e. The van der Waals surface area contributed by atoms with Crippen LogP contribution in [0.25, 0.3) is 0 Å². The second-order valence-electron chi connectivity index (χ2n) is 4.61. The van der Waals surface area contributed by atoms with Crippen LogP contribution in [0, 0.1) is 5.92 Å². The van der Waals surface area contributed by atoms with E-state index in [0.717, 1.165) is 12.5 Å². The lowest BCUT2D eigenvalue weighted by atomic mass is 9.97. The van der Waals surface area contributed by atoms with Gasteiger partial charge in [0, 0.05) is 25.5 Å². The molecule has 1 saturated heterocycles. The fourth-order valence-corrected chi connectivity index (χ4v) is 2.34. The van der Waals surface area contributed by atoms with Crippen molar-refractivity contribution in [1.82, 2.24) is 15.2 Å². The van der Waals surface area contributed by atoms with Crippen LogP contribution in [0.5, 0.6) is 0 Å². The molecule has 1 aliphatic rings. The number of nitrogens with zero attached hydrogens (tertiary/aromatic N) is 1. The average Bonchev–Trinajstić information content (AvgIpc) is 2.71. The molecule has 3 nitrogen and oxygen atoms in total. The monoisotopic (exact) mass is 207 g/mol. The SMILES string of the molecule is CN(Cc1cc[nH]c1)CC1CCNCC1. The Morgan fingerprint density at radius 1 is 1.40 bits per heavy atom. The van der Waals surface area contributed by atoms with E-state index in [2.05, 4.69) is 34.5 Å². The second-order valence-corrected chi connectivity index (χ2v) is 4.61. The molecule has 1 fully saturated rings. The molecular weight excluding hydrogens is 186 g/mol. The van der Waals surface area contributed by atoms with Crippen LogP contribution in [0.3, 0.4) is 0 Å². The van der Waals surface area contributed by atoms with E-state index in [0.29, 0.717) is 0 Å². The van der Waals surface area contributed by atoms with Gasteiger partial charge in [-0.25, -0.2) is 0 Å². The molecule has 0 saturated carbocycles. The Morgan fingerprint density at radius 2 is 2.20 bits per heavy atom. The Hall–Kier alpha value is -0.800. The van der Waals surface area contributed by atoms with E-state index in [1.54, 1.807) is 0 Å². The molecule has 0 unspecified atom stereocenters. The van der Waals surface area contributed by atoms with Gasteiger partial charge in [0.05, 0.1) is 0 Å². The summed E-state index contributed by atoms with van der Waals surface area (Å²) in [5.41, 5.74) is 1.38. The van der Waals surface area contributed by atoms with Gasteiger partial charge in [0.25, 0.3) is 0 Å². The van der Waals surface area contributed by atoms with Crippen molar-refractivity contribution in [3.05, 3.63) is 24.0 Å². The van der Waals surface area contributed by atoms with Crippen LogP contribution < -0.4 is 5.32 Å². The van der Waals surface area contributed by atoms with Crippen molar-refractivity contribution in [2.45, 2.75) is 19.4 Å². The van der Waals surface area contributed by atoms with Crippen LogP contribution in [0.4, 0.5) is 0 Å². The summed E-state index contributed by atoms with van der Waals surface area (Å²) in [6, 6.07) is 2.15. The lowest BCUT2D eigenvalue weighted by molar-refractivity contribution is 0.234. The van der Waals surface area contributed by atoms with E-state index in [4.69, 9.17) is 0 Å². The molecule has 2 heterocycles. The van der Waals surface area contributed by atoms with Gasteiger partial charge in [-0.1, -0.05) is 0 Å². The number of rotatable bonds is 4. The fraction of sp³-hybridized carbons (Fsp3) is 0.667. The van der Waals surface area contributed by atoms with Crippen molar-refractivity contribution in [2.75, 3.05) is 26.7 Å². The molecule has 1 aromatic heterocycles. The first-order valence-corrected chi connectivity index (χ1v) is 5.85. The number of aromatic amines is 1. The van der Waals surface area contributed by atoms with E-state index in [1.165, 1.54) is 38.0 Å². The van der Waals surface area contributed by atoms with Crippen LogP contribution in [0.1, 0.15) is 18.4 Å². The van der Waals surface area contributed by atoms with Gasteiger partial charge < -0.3 is 15.2 Å². The number of hydrogen-bond acceptors (Lipinski definition) is 2. The predicted octanol–water partition coefficient (Wildman–Crippen LogP) is 1.45. The van der Waals surface area contributed by atoms with E-state index >= 15 is 0 Å². The molecule has 3 heteroatoms. The molecule has 2 rings (SSSR count). The molecule has 0 aromatic carbocycles. The number of piperidine rings is 1. The molecule has 1 aromatic rings. The summed E-state index contributed by atoms with van der Waals surface area (Å²) in [5, 5.41) is 3.41. The molecule has 1 aliphatic heterocycles. The zero-order valence-electron chi connectivity index (χ0n) is 9.50. The Kier molecular flexibility index (Phi) is 3.80. The first kappa shape index (κ1) is 10.7. The number of aromatic nitrogens is 1. The van der Waals surface area contributed by atoms with Gasteiger partial charge in [0.2, 0.25) is 0 Å². The van der Waals surface area contributed by atoms with Gasteiger partial charge in [0.15, 0.2) is 0 Å². The normalized spacial score (nSPS) is 18.5. The topological polar surface area (TPSA) is 31.1 Å². The third-order valence-corrected chi connectivity index (χ3v) is 3.14. The summed E-state index contributed by atoms with van der Waals surface area (Å²) in [5.74, 6) is 0.884. The minimum Gasteiger partial charge on any atom is -0.367 e. The zero-order chi connectivity index (χ0) is 10.5. The highest BCUT2D eigenvalue weighted by molar-refractivity contribution is 5.07. The highest BCUT2D eigenvalue weighted by atomic mass is 15.1.